The SMILES string of the molecule is CCN(C)c1ccc(CNS(=O)(=O)c2ccccc2F)cc1F. The minimum atomic E-state index is -3.99. The molecule has 0 aliphatic rings. The topological polar surface area (TPSA) is 49.4 Å². The molecule has 0 aromatic heterocycles. The molecule has 23 heavy (non-hydrogen) atoms. The molecule has 0 heterocycles. The van der Waals surface area contributed by atoms with Gasteiger partial charge in [0.25, 0.3) is 0 Å². The highest BCUT2D eigenvalue weighted by atomic mass is 32.2. The van der Waals surface area contributed by atoms with E-state index in [9.17, 15) is 17.2 Å². The van der Waals surface area contributed by atoms with Gasteiger partial charge in [0, 0.05) is 20.1 Å². The van der Waals surface area contributed by atoms with Crippen molar-refractivity contribution in [1.29, 1.82) is 0 Å². The Labute approximate surface area is 134 Å². The van der Waals surface area contributed by atoms with E-state index in [2.05, 4.69) is 4.72 Å². The van der Waals surface area contributed by atoms with Crippen molar-refractivity contribution in [3.8, 4) is 0 Å². The molecule has 0 unspecified atom stereocenters. The van der Waals surface area contributed by atoms with Crippen LogP contribution >= 0.6 is 0 Å². The maximum atomic E-state index is 14.0. The molecule has 4 nitrogen and oxygen atoms in total. The molecule has 2 aromatic carbocycles. The predicted molar refractivity (Wildman–Crippen MR) is 85.8 cm³/mol. The van der Waals surface area contributed by atoms with Gasteiger partial charge in [-0.05, 0) is 36.8 Å². The summed E-state index contributed by atoms with van der Waals surface area (Å²) >= 11 is 0. The van der Waals surface area contributed by atoms with Crippen LogP contribution in [0.25, 0.3) is 0 Å². The molecule has 2 rings (SSSR count). The largest absolute Gasteiger partial charge is 0.373 e. The molecule has 0 atom stereocenters. The summed E-state index contributed by atoms with van der Waals surface area (Å²) < 4.78 is 54.0. The first-order chi connectivity index (χ1) is 10.8. The second kappa shape index (κ2) is 7.06. The highest BCUT2D eigenvalue weighted by Crippen LogP contribution is 2.20. The Morgan fingerprint density at radius 2 is 1.78 bits per heavy atom. The normalized spacial score (nSPS) is 11.5. The summed E-state index contributed by atoms with van der Waals surface area (Å²) in [6, 6.07) is 9.59. The number of anilines is 1. The third kappa shape index (κ3) is 4.05. The van der Waals surface area contributed by atoms with E-state index in [1.165, 1.54) is 24.3 Å². The van der Waals surface area contributed by atoms with Crippen molar-refractivity contribution in [2.45, 2.75) is 18.4 Å². The molecule has 7 heteroatoms. The third-order valence-corrected chi connectivity index (χ3v) is 4.92. The fourth-order valence-corrected chi connectivity index (χ4v) is 3.15. The van der Waals surface area contributed by atoms with Gasteiger partial charge in [-0.15, -0.1) is 0 Å². The minimum absolute atomic E-state index is 0.121. The van der Waals surface area contributed by atoms with E-state index in [4.69, 9.17) is 0 Å². The van der Waals surface area contributed by atoms with Crippen LogP contribution in [0.2, 0.25) is 0 Å². The average molecular weight is 340 g/mol. The summed E-state index contributed by atoms with van der Waals surface area (Å²) in [6.45, 7) is 2.43. The van der Waals surface area contributed by atoms with Crippen molar-refractivity contribution in [2.75, 3.05) is 18.5 Å². The minimum Gasteiger partial charge on any atom is -0.373 e. The molecule has 0 spiro atoms. The zero-order valence-corrected chi connectivity index (χ0v) is 13.7. The zero-order chi connectivity index (χ0) is 17.0. The smallest absolute Gasteiger partial charge is 0.243 e. The van der Waals surface area contributed by atoms with Gasteiger partial charge in [0.05, 0.1) is 5.69 Å². The number of halogens is 2. The molecule has 2 aromatic rings. The fourth-order valence-electron chi connectivity index (χ4n) is 2.06. The van der Waals surface area contributed by atoms with Gasteiger partial charge < -0.3 is 4.90 Å². The van der Waals surface area contributed by atoms with Crippen molar-refractivity contribution in [3.63, 3.8) is 0 Å². The first-order valence-electron chi connectivity index (χ1n) is 7.09. The first kappa shape index (κ1) is 17.4. The van der Waals surface area contributed by atoms with Crippen LogP contribution < -0.4 is 9.62 Å². The van der Waals surface area contributed by atoms with Crippen molar-refractivity contribution in [3.05, 3.63) is 59.7 Å². The lowest BCUT2D eigenvalue weighted by atomic mass is 10.2. The molecule has 1 N–H and O–H groups in total. The Bertz CT molecular complexity index is 794. The molecule has 0 saturated carbocycles. The molecular formula is C16H18F2N2O2S. The summed E-state index contributed by atoms with van der Waals surface area (Å²) in [5, 5.41) is 0. The van der Waals surface area contributed by atoms with Crippen molar-refractivity contribution in [1.82, 2.24) is 4.72 Å². The van der Waals surface area contributed by atoms with Gasteiger partial charge in [-0.25, -0.2) is 21.9 Å². The van der Waals surface area contributed by atoms with Gasteiger partial charge in [-0.1, -0.05) is 18.2 Å². The van der Waals surface area contributed by atoms with E-state index in [1.54, 1.807) is 24.1 Å². The molecule has 0 fully saturated rings. The Kier molecular flexibility index (Phi) is 5.33. The Morgan fingerprint density at radius 3 is 2.39 bits per heavy atom. The summed E-state index contributed by atoms with van der Waals surface area (Å²) in [7, 11) is -2.23. The lowest BCUT2D eigenvalue weighted by Gasteiger charge is -2.18. The van der Waals surface area contributed by atoms with Gasteiger partial charge in [0.1, 0.15) is 16.5 Å². The van der Waals surface area contributed by atoms with Crippen LogP contribution in [0, 0.1) is 11.6 Å². The van der Waals surface area contributed by atoms with Gasteiger partial charge >= 0.3 is 0 Å². The van der Waals surface area contributed by atoms with Crippen LogP contribution in [0.15, 0.2) is 47.4 Å². The lowest BCUT2D eigenvalue weighted by Crippen LogP contribution is -2.24. The Hall–Kier alpha value is -1.99. The maximum Gasteiger partial charge on any atom is 0.243 e. The van der Waals surface area contributed by atoms with Crippen LogP contribution in [-0.4, -0.2) is 22.0 Å². The monoisotopic (exact) mass is 340 g/mol. The zero-order valence-electron chi connectivity index (χ0n) is 12.9. The highest BCUT2D eigenvalue weighted by molar-refractivity contribution is 7.89. The Balaban J connectivity index is 2.15. The van der Waals surface area contributed by atoms with Gasteiger partial charge in [0.15, 0.2) is 0 Å². The molecule has 0 aliphatic heterocycles. The molecule has 124 valence electrons. The molecule has 0 amide bonds. The van der Waals surface area contributed by atoms with E-state index in [0.717, 1.165) is 6.07 Å². The van der Waals surface area contributed by atoms with Crippen molar-refractivity contribution < 1.29 is 17.2 Å². The van der Waals surface area contributed by atoms with Crippen LogP contribution in [0.1, 0.15) is 12.5 Å². The van der Waals surface area contributed by atoms with Crippen LogP contribution in [0.5, 0.6) is 0 Å². The predicted octanol–water partition coefficient (Wildman–Crippen LogP) is 2.90. The number of nitrogens with zero attached hydrogens (tertiary/aromatic N) is 1. The molecule has 0 aliphatic carbocycles. The third-order valence-electron chi connectivity index (χ3n) is 3.49. The number of sulfonamides is 1. The summed E-state index contributed by atoms with van der Waals surface area (Å²) in [5.74, 6) is -1.26. The van der Waals surface area contributed by atoms with Crippen LogP contribution in [-0.2, 0) is 16.6 Å². The van der Waals surface area contributed by atoms with Gasteiger partial charge in [-0.3, -0.25) is 0 Å². The van der Waals surface area contributed by atoms with Crippen LogP contribution in [0.3, 0.4) is 0 Å². The van der Waals surface area contributed by atoms with Gasteiger partial charge in [-0.2, -0.15) is 0 Å². The average Bonchev–Trinajstić information content (AvgIpc) is 2.52. The standard InChI is InChI=1S/C16H18F2N2O2S/c1-3-20(2)15-9-8-12(10-14(15)18)11-19-23(21,22)16-7-5-4-6-13(16)17/h4-10,19H,3,11H2,1-2H3. The lowest BCUT2D eigenvalue weighted by molar-refractivity contribution is 0.556. The van der Waals surface area contributed by atoms with E-state index in [1.807, 2.05) is 6.92 Å². The molecule has 0 saturated heterocycles. The quantitative estimate of drug-likeness (QED) is 0.880. The second-order valence-corrected chi connectivity index (χ2v) is 6.79. The molecule has 0 radical (unpaired) electrons. The number of hydrogen-bond donors (Lipinski definition) is 1. The van der Waals surface area contributed by atoms with Crippen molar-refractivity contribution >= 4 is 15.7 Å². The summed E-state index contributed by atoms with van der Waals surface area (Å²) in [5.41, 5.74) is 0.892. The second-order valence-electron chi connectivity index (χ2n) is 5.05. The molecule has 0 bridgehead atoms. The number of benzene rings is 2. The van der Waals surface area contributed by atoms with Crippen molar-refractivity contribution in [2.24, 2.45) is 0 Å². The van der Waals surface area contributed by atoms with Gasteiger partial charge in [0.2, 0.25) is 10.0 Å². The summed E-state index contributed by atoms with van der Waals surface area (Å²) in [4.78, 5) is 1.31. The van der Waals surface area contributed by atoms with E-state index >= 15 is 0 Å². The maximum absolute atomic E-state index is 14.0. The molecular weight excluding hydrogens is 322 g/mol. The van der Waals surface area contributed by atoms with E-state index in [0.29, 0.717) is 17.8 Å². The fraction of sp³-hybridized carbons (Fsp3) is 0.250. The summed E-state index contributed by atoms with van der Waals surface area (Å²) in [6.07, 6.45) is 0. The van der Waals surface area contributed by atoms with E-state index < -0.39 is 26.6 Å². The number of hydrogen-bond acceptors (Lipinski definition) is 3. The van der Waals surface area contributed by atoms with E-state index in [-0.39, 0.29) is 6.54 Å². The Morgan fingerprint density at radius 1 is 1.09 bits per heavy atom. The van der Waals surface area contributed by atoms with Crippen LogP contribution in [0.4, 0.5) is 14.5 Å². The first-order valence-corrected chi connectivity index (χ1v) is 8.57. The highest BCUT2D eigenvalue weighted by Gasteiger charge is 2.18. The number of nitrogens with one attached hydrogen (secondary N) is 1. The number of rotatable bonds is 6.